The average molecular weight is 1110 g/mol. The van der Waals surface area contributed by atoms with Crippen molar-refractivity contribution < 1.29 is 72.1 Å². The van der Waals surface area contributed by atoms with Gasteiger partial charge in [-0.2, -0.15) is 0 Å². The summed E-state index contributed by atoms with van der Waals surface area (Å²) in [6, 6.07) is 22.8. The lowest BCUT2D eigenvalue weighted by Crippen LogP contribution is -2.68. The quantitative estimate of drug-likeness (QED) is 0.0208. The van der Waals surface area contributed by atoms with Crippen LogP contribution in [0.5, 0.6) is 0 Å². The third-order valence-electron chi connectivity index (χ3n) is 14.3. The zero-order valence-electron chi connectivity index (χ0n) is 47.8. The van der Waals surface area contributed by atoms with Gasteiger partial charge in [-0.25, -0.2) is 24.0 Å². The number of carboxylic acid groups (broad SMARTS) is 2. The first kappa shape index (κ1) is 66.3. The molecule has 0 radical (unpaired) electrons. The number of hydrogen-bond donors (Lipinski definition) is 3. The number of allylic oxidation sites excluding steroid dienone is 1. The van der Waals surface area contributed by atoms with E-state index in [1.165, 1.54) is 128 Å². The maximum atomic E-state index is 14.1. The SMILES string of the molecule is CCCCCCCCCCCCCC=C[C@@H](OC(=O)c1ccccc1)[C@H](CO[C@@]1(C)O[C@H](COC(=O)O)[C@H](OC(=O)O)[C@H](OC(=O)c2ccccc2)[C@H]1OC(=O)c1ccccc1)NC(=O)CCCCCCCCCCCCCCC. The van der Waals surface area contributed by atoms with Crippen LogP contribution in [0.25, 0.3) is 0 Å². The fourth-order valence-electron chi connectivity index (χ4n) is 9.84. The summed E-state index contributed by atoms with van der Waals surface area (Å²) in [5.74, 6) is -5.21. The van der Waals surface area contributed by atoms with E-state index in [0.717, 1.165) is 51.4 Å². The second-order valence-electron chi connectivity index (χ2n) is 21.0. The van der Waals surface area contributed by atoms with E-state index in [2.05, 4.69) is 19.2 Å². The number of amides is 1. The summed E-state index contributed by atoms with van der Waals surface area (Å²) in [5.41, 5.74) is 0.360. The Morgan fingerprint density at radius 2 is 0.988 bits per heavy atom. The number of nitrogens with one attached hydrogen (secondary N) is 1. The maximum absolute atomic E-state index is 14.1. The molecular formula is C64H91NO15. The highest BCUT2D eigenvalue weighted by Gasteiger charge is 2.60. The Balaban J connectivity index is 1.66. The van der Waals surface area contributed by atoms with E-state index < -0.39 is 85.8 Å². The number of carbonyl (C=O) groups is 6. The van der Waals surface area contributed by atoms with E-state index in [1.807, 2.05) is 6.08 Å². The average Bonchev–Trinajstić information content (AvgIpc) is 3.45. The molecule has 1 fully saturated rings. The smallest absolute Gasteiger partial charge is 0.452 e. The molecule has 1 heterocycles. The fraction of sp³-hybridized carbons (Fsp3) is 0.594. The van der Waals surface area contributed by atoms with Crippen molar-refractivity contribution in [1.29, 1.82) is 0 Å². The van der Waals surface area contributed by atoms with Gasteiger partial charge < -0.3 is 48.7 Å². The third-order valence-corrected chi connectivity index (χ3v) is 14.3. The van der Waals surface area contributed by atoms with E-state index in [-0.39, 0.29) is 29.0 Å². The van der Waals surface area contributed by atoms with Crippen molar-refractivity contribution in [2.45, 2.75) is 230 Å². The van der Waals surface area contributed by atoms with Gasteiger partial charge in [0.15, 0.2) is 18.3 Å². The van der Waals surface area contributed by atoms with Crippen LogP contribution < -0.4 is 5.32 Å². The second-order valence-corrected chi connectivity index (χ2v) is 21.0. The van der Waals surface area contributed by atoms with Crippen LogP contribution in [0.2, 0.25) is 0 Å². The highest BCUT2D eigenvalue weighted by atomic mass is 16.8. The number of esters is 3. The Bertz CT molecular complexity index is 2240. The molecule has 0 spiro atoms. The first-order chi connectivity index (χ1) is 38.8. The number of hydrogen-bond acceptors (Lipinski definition) is 13. The molecular weight excluding hydrogens is 1020 g/mol. The normalized spacial score (nSPS) is 18.6. The molecule has 0 aliphatic carbocycles. The molecule has 4 rings (SSSR count). The minimum atomic E-state index is -2.26. The van der Waals surface area contributed by atoms with Crippen LogP contribution in [0.1, 0.15) is 219 Å². The van der Waals surface area contributed by atoms with Crippen molar-refractivity contribution >= 4 is 36.1 Å². The molecule has 1 amide bonds. The molecule has 1 saturated heterocycles. The van der Waals surface area contributed by atoms with Crippen molar-refractivity contribution in [2.24, 2.45) is 0 Å². The number of benzene rings is 3. The molecule has 3 aromatic rings. The lowest BCUT2D eigenvalue weighted by Gasteiger charge is -2.49. The van der Waals surface area contributed by atoms with Crippen LogP contribution in [-0.4, -0.2) is 102 Å². The highest BCUT2D eigenvalue weighted by Crippen LogP contribution is 2.38. The second kappa shape index (κ2) is 39.2. The highest BCUT2D eigenvalue weighted by molar-refractivity contribution is 5.91. The lowest BCUT2D eigenvalue weighted by atomic mass is 9.92. The molecule has 1 aliphatic rings. The number of rotatable bonds is 41. The molecule has 0 bridgehead atoms. The molecule has 16 nitrogen and oxygen atoms in total. The van der Waals surface area contributed by atoms with Gasteiger partial charge in [-0.05, 0) is 68.7 Å². The third kappa shape index (κ3) is 25.9. The van der Waals surface area contributed by atoms with Crippen LogP contribution in [0.15, 0.2) is 103 Å². The van der Waals surface area contributed by atoms with E-state index >= 15 is 0 Å². The summed E-state index contributed by atoms with van der Waals surface area (Å²) >= 11 is 0. The molecule has 3 aromatic carbocycles. The predicted octanol–water partition coefficient (Wildman–Crippen LogP) is 14.8. The minimum absolute atomic E-state index is 0.0384. The zero-order chi connectivity index (χ0) is 57.6. The molecule has 0 saturated carbocycles. The van der Waals surface area contributed by atoms with Crippen molar-refractivity contribution in [2.75, 3.05) is 13.2 Å². The van der Waals surface area contributed by atoms with Gasteiger partial charge in [0, 0.05) is 6.42 Å². The zero-order valence-corrected chi connectivity index (χ0v) is 47.8. The lowest BCUT2D eigenvalue weighted by molar-refractivity contribution is -0.355. The molecule has 7 atom stereocenters. The Morgan fingerprint density at radius 3 is 1.45 bits per heavy atom. The summed E-state index contributed by atoms with van der Waals surface area (Å²) in [6.45, 7) is 4.42. The van der Waals surface area contributed by atoms with Gasteiger partial charge in [0.1, 0.15) is 18.8 Å². The Morgan fingerprint density at radius 1 is 0.550 bits per heavy atom. The van der Waals surface area contributed by atoms with Crippen LogP contribution in [0, 0.1) is 0 Å². The topological polar surface area (TPSA) is 220 Å². The van der Waals surface area contributed by atoms with Crippen molar-refractivity contribution in [3.8, 4) is 0 Å². The minimum Gasteiger partial charge on any atom is -0.452 e. The van der Waals surface area contributed by atoms with Crippen LogP contribution in [0.3, 0.4) is 0 Å². The molecule has 16 heteroatoms. The van der Waals surface area contributed by atoms with Gasteiger partial charge in [0.05, 0.1) is 29.3 Å². The summed E-state index contributed by atoms with van der Waals surface area (Å²) in [7, 11) is 0. The number of ether oxygens (including phenoxy) is 7. The van der Waals surface area contributed by atoms with Crippen molar-refractivity contribution in [3.05, 3.63) is 120 Å². The summed E-state index contributed by atoms with van der Waals surface area (Å²) in [4.78, 5) is 80.4. The van der Waals surface area contributed by atoms with Gasteiger partial charge in [0.25, 0.3) is 0 Å². The Kier molecular flexibility index (Phi) is 32.5. The first-order valence-corrected chi connectivity index (χ1v) is 29.7. The van der Waals surface area contributed by atoms with Crippen LogP contribution >= 0.6 is 0 Å². The first-order valence-electron chi connectivity index (χ1n) is 29.7. The van der Waals surface area contributed by atoms with Gasteiger partial charge in [-0.1, -0.05) is 216 Å². The molecule has 80 heavy (non-hydrogen) atoms. The Labute approximate surface area is 475 Å². The number of carbonyl (C=O) groups excluding carboxylic acids is 4. The summed E-state index contributed by atoms with van der Waals surface area (Å²) in [5, 5.41) is 22.7. The molecule has 3 N–H and O–H groups in total. The van der Waals surface area contributed by atoms with Crippen LogP contribution in [0.4, 0.5) is 9.59 Å². The molecule has 0 aromatic heterocycles. The standard InChI is InChI=1S/C64H91NO15/c1-4-6-8-10-12-14-16-18-20-22-24-26-37-45-53(76-59(67)49-39-31-28-32-40-49)52(65-55(66)46-38-27-25-23-21-19-17-15-13-11-9-7-5-2)47-75-64(3)58(79-61(69)51-43-35-30-36-44-51)57(77-60(68)50-41-33-29-34-42-50)56(78-63(72)73)54(80-64)48-74-62(70)71/h28-37,39-45,52-54,56-58H,4-27,38,46-48H2,1-3H3,(H,65,66)(H,70,71)(H,72,73)/t52-,53+,54+,56-,57-,58+,64-/m0/s1. The van der Waals surface area contributed by atoms with Gasteiger partial charge in [-0.3, -0.25) is 4.79 Å². The van der Waals surface area contributed by atoms with E-state index in [9.17, 15) is 39.0 Å². The molecule has 0 unspecified atom stereocenters. The summed E-state index contributed by atoms with van der Waals surface area (Å²) in [6.07, 6.45) is 20.1. The number of unbranched alkanes of at least 4 members (excludes halogenated alkanes) is 23. The van der Waals surface area contributed by atoms with Crippen molar-refractivity contribution in [1.82, 2.24) is 5.32 Å². The predicted molar refractivity (Wildman–Crippen MR) is 306 cm³/mol. The van der Waals surface area contributed by atoms with Gasteiger partial charge in [-0.15, -0.1) is 0 Å². The van der Waals surface area contributed by atoms with E-state index in [4.69, 9.17) is 33.2 Å². The maximum Gasteiger partial charge on any atom is 0.506 e. The van der Waals surface area contributed by atoms with E-state index in [0.29, 0.717) is 12.8 Å². The largest absolute Gasteiger partial charge is 0.506 e. The van der Waals surface area contributed by atoms with Gasteiger partial charge >= 0.3 is 30.2 Å². The molecule has 1 aliphatic heterocycles. The van der Waals surface area contributed by atoms with E-state index in [1.54, 1.807) is 72.8 Å². The van der Waals surface area contributed by atoms with Crippen LogP contribution in [-0.2, 0) is 38.0 Å². The summed E-state index contributed by atoms with van der Waals surface area (Å²) < 4.78 is 41.7. The molecule has 442 valence electrons. The Hall–Kier alpha value is -6.26. The fourth-order valence-corrected chi connectivity index (χ4v) is 9.84. The monoisotopic (exact) mass is 1110 g/mol. The van der Waals surface area contributed by atoms with Gasteiger partial charge in [0.2, 0.25) is 11.7 Å². The van der Waals surface area contributed by atoms with Crippen molar-refractivity contribution in [3.63, 3.8) is 0 Å².